The second kappa shape index (κ2) is 8.62. The van der Waals surface area contributed by atoms with Gasteiger partial charge in [0.05, 0.1) is 4.90 Å². The zero-order valence-electron chi connectivity index (χ0n) is 15.6. The second-order valence-electron chi connectivity index (χ2n) is 6.47. The van der Waals surface area contributed by atoms with Gasteiger partial charge >= 0.3 is 0 Å². The number of rotatable bonds is 8. The predicted octanol–water partition coefficient (Wildman–Crippen LogP) is 4.19. The van der Waals surface area contributed by atoms with Gasteiger partial charge in [-0.25, -0.2) is 8.42 Å². The first-order valence-corrected chi connectivity index (χ1v) is 11.3. The Morgan fingerprint density at radius 3 is 2.54 bits per heavy atom. The van der Waals surface area contributed by atoms with Gasteiger partial charge in [0.1, 0.15) is 10.8 Å². The van der Waals surface area contributed by atoms with Crippen LogP contribution in [0.3, 0.4) is 0 Å². The van der Waals surface area contributed by atoms with Crippen LogP contribution in [0.5, 0.6) is 0 Å². The SMILES string of the molecule is CCCCN(c1cc2ccccc2s1)S(=O)(=O)c1ccc(C/C(N)=N\O)cc1. The summed E-state index contributed by atoms with van der Waals surface area (Å²) in [5.74, 6) is 0.0745. The first-order chi connectivity index (χ1) is 13.5. The normalized spacial score (nSPS) is 12.4. The highest BCUT2D eigenvalue weighted by Gasteiger charge is 2.26. The van der Waals surface area contributed by atoms with Gasteiger partial charge in [0.25, 0.3) is 10.0 Å². The molecule has 0 fully saturated rings. The van der Waals surface area contributed by atoms with Crippen LogP contribution in [0.15, 0.2) is 64.6 Å². The van der Waals surface area contributed by atoms with Crippen molar-refractivity contribution >= 4 is 42.3 Å². The molecule has 0 aliphatic rings. The molecule has 0 saturated heterocycles. The van der Waals surface area contributed by atoms with Crippen molar-refractivity contribution in [1.82, 2.24) is 0 Å². The maximum absolute atomic E-state index is 13.3. The molecule has 0 saturated carbocycles. The minimum absolute atomic E-state index is 0.0745. The minimum Gasteiger partial charge on any atom is -0.409 e. The summed E-state index contributed by atoms with van der Waals surface area (Å²) in [5, 5.41) is 13.4. The standard InChI is InChI=1S/C20H23N3O3S2/c1-2-3-12-23(20-14-16-6-4-5-7-18(16)27-20)28(25,26)17-10-8-15(9-11-17)13-19(21)22-24/h4-11,14,24H,2-3,12-13H2,1H3,(H2,21,22). The number of anilines is 1. The number of hydrogen-bond donors (Lipinski definition) is 2. The van der Waals surface area contributed by atoms with E-state index in [-0.39, 0.29) is 17.2 Å². The highest BCUT2D eigenvalue weighted by molar-refractivity contribution is 7.93. The summed E-state index contributed by atoms with van der Waals surface area (Å²) < 4.78 is 29.3. The van der Waals surface area contributed by atoms with Crippen LogP contribution in [0.2, 0.25) is 0 Å². The molecule has 1 heterocycles. The van der Waals surface area contributed by atoms with Gasteiger partial charge in [0.2, 0.25) is 0 Å². The van der Waals surface area contributed by atoms with Crippen molar-refractivity contribution in [1.29, 1.82) is 0 Å². The molecule has 1 aromatic heterocycles. The molecule has 0 aliphatic carbocycles. The molecule has 0 aliphatic heterocycles. The van der Waals surface area contributed by atoms with Crippen molar-refractivity contribution in [2.24, 2.45) is 10.9 Å². The molecule has 8 heteroatoms. The molecule has 3 aromatic rings. The molecular weight excluding hydrogens is 394 g/mol. The van der Waals surface area contributed by atoms with Gasteiger partial charge in [-0.2, -0.15) is 0 Å². The molecule has 0 radical (unpaired) electrons. The fourth-order valence-electron chi connectivity index (χ4n) is 2.89. The fraction of sp³-hybridized carbons (Fsp3) is 0.250. The van der Waals surface area contributed by atoms with Crippen molar-refractivity contribution in [2.75, 3.05) is 10.8 Å². The van der Waals surface area contributed by atoms with Crippen LogP contribution in [0.4, 0.5) is 5.00 Å². The monoisotopic (exact) mass is 417 g/mol. The molecule has 0 unspecified atom stereocenters. The van der Waals surface area contributed by atoms with Crippen LogP contribution in [0.25, 0.3) is 10.1 Å². The van der Waals surface area contributed by atoms with Gasteiger partial charge in [0.15, 0.2) is 0 Å². The van der Waals surface area contributed by atoms with E-state index in [1.54, 1.807) is 24.3 Å². The number of unbranched alkanes of at least 4 members (excludes halogenated alkanes) is 1. The number of benzene rings is 2. The Kier molecular flexibility index (Phi) is 6.21. The summed E-state index contributed by atoms with van der Waals surface area (Å²) in [4.78, 5) is 0.226. The zero-order valence-corrected chi connectivity index (χ0v) is 17.2. The summed E-state index contributed by atoms with van der Waals surface area (Å²) >= 11 is 1.48. The molecule has 0 spiro atoms. The van der Waals surface area contributed by atoms with E-state index in [9.17, 15) is 8.42 Å². The number of oxime groups is 1. The van der Waals surface area contributed by atoms with E-state index in [1.165, 1.54) is 15.6 Å². The highest BCUT2D eigenvalue weighted by atomic mass is 32.2. The Bertz CT molecular complexity index is 1040. The van der Waals surface area contributed by atoms with E-state index in [0.717, 1.165) is 33.5 Å². The summed E-state index contributed by atoms with van der Waals surface area (Å²) in [6.45, 7) is 2.47. The lowest BCUT2D eigenvalue weighted by Crippen LogP contribution is -2.31. The van der Waals surface area contributed by atoms with E-state index < -0.39 is 10.0 Å². The first-order valence-electron chi connectivity index (χ1n) is 9.02. The van der Waals surface area contributed by atoms with Gasteiger partial charge in [-0.1, -0.05) is 48.8 Å². The average molecular weight is 418 g/mol. The smallest absolute Gasteiger partial charge is 0.264 e. The Hall–Kier alpha value is -2.58. The van der Waals surface area contributed by atoms with Gasteiger partial charge in [-0.15, -0.1) is 11.3 Å². The third-order valence-corrected chi connectivity index (χ3v) is 7.48. The highest BCUT2D eigenvalue weighted by Crippen LogP contribution is 2.35. The van der Waals surface area contributed by atoms with Crippen LogP contribution in [-0.4, -0.2) is 26.0 Å². The first kappa shape index (κ1) is 20.2. The molecule has 0 bridgehead atoms. The number of hydrogen-bond acceptors (Lipinski definition) is 5. The number of fused-ring (bicyclic) bond motifs is 1. The molecule has 0 amide bonds. The molecule has 2 aromatic carbocycles. The maximum Gasteiger partial charge on any atom is 0.264 e. The number of nitrogens with two attached hydrogens (primary N) is 1. The maximum atomic E-state index is 13.3. The van der Waals surface area contributed by atoms with Crippen molar-refractivity contribution < 1.29 is 13.6 Å². The third-order valence-electron chi connectivity index (χ3n) is 4.40. The Morgan fingerprint density at radius 1 is 1.18 bits per heavy atom. The minimum atomic E-state index is -3.69. The van der Waals surface area contributed by atoms with Gasteiger partial charge in [-0.05, 0) is 41.6 Å². The molecular formula is C20H23N3O3S2. The lowest BCUT2D eigenvalue weighted by atomic mass is 10.1. The van der Waals surface area contributed by atoms with Crippen LogP contribution >= 0.6 is 11.3 Å². The van der Waals surface area contributed by atoms with E-state index in [0.29, 0.717) is 6.54 Å². The molecule has 6 nitrogen and oxygen atoms in total. The topological polar surface area (TPSA) is 96.0 Å². The van der Waals surface area contributed by atoms with Gasteiger partial charge < -0.3 is 10.9 Å². The summed E-state index contributed by atoms with van der Waals surface area (Å²) in [7, 11) is -3.69. The number of amidine groups is 1. The molecule has 0 atom stereocenters. The number of thiophene rings is 1. The van der Waals surface area contributed by atoms with Gasteiger partial charge in [0, 0.05) is 17.7 Å². The Labute approximate surface area is 169 Å². The van der Waals surface area contributed by atoms with E-state index >= 15 is 0 Å². The predicted molar refractivity (Wildman–Crippen MR) is 115 cm³/mol. The number of sulfonamides is 1. The summed E-state index contributed by atoms with van der Waals surface area (Å²) in [5.41, 5.74) is 6.29. The van der Waals surface area contributed by atoms with Crippen LogP contribution in [0, 0.1) is 0 Å². The molecule has 28 heavy (non-hydrogen) atoms. The van der Waals surface area contributed by atoms with Crippen molar-refractivity contribution in [3.63, 3.8) is 0 Å². The van der Waals surface area contributed by atoms with Crippen molar-refractivity contribution in [3.8, 4) is 0 Å². The third kappa shape index (κ3) is 4.28. The van der Waals surface area contributed by atoms with Crippen molar-refractivity contribution in [2.45, 2.75) is 31.1 Å². The summed E-state index contributed by atoms with van der Waals surface area (Å²) in [6.07, 6.45) is 1.93. The lowest BCUT2D eigenvalue weighted by molar-refractivity contribution is 0.317. The second-order valence-corrected chi connectivity index (χ2v) is 9.39. The van der Waals surface area contributed by atoms with E-state index in [2.05, 4.69) is 5.16 Å². The molecule has 3 rings (SSSR count). The van der Waals surface area contributed by atoms with Crippen LogP contribution < -0.4 is 10.0 Å². The van der Waals surface area contributed by atoms with E-state index in [4.69, 9.17) is 10.9 Å². The molecule has 148 valence electrons. The van der Waals surface area contributed by atoms with Crippen molar-refractivity contribution in [3.05, 3.63) is 60.2 Å². The Morgan fingerprint density at radius 2 is 1.89 bits per heavy atom. The lowest BCUT2D eigenvalue weighted by Gasteiger charge is -2.22. The Balaban J connectivity index is 1.96. The van der Waals surface area contributed by atoms with Crippen LogP contribution in [0.1, 0.15) is 25.3 Å². The summed E-state index contributed by atoms with van der Waals surface area (Å²) in [6, 6.07) is 16.3. The van der Waals surface area contributed by atoms with Gasteiger partial charge in [-0.3, -0.25) is 4.31 Å². The van der Waals surface area contributed by atoms with E-state index in [1.807, 2.05) is 37.3 Å². The average Bonchev–Trinajstić information content (AvgIpc) is 3.12. The molecule has 3 N–H and O–H groups in total. The quantitative estimate of drug-likeness (QED) is 0.249. The zero-order chi connectivity index (χ0) is 20.1. The largest absolute Gasteiger partial charge is 0.409 e. The van der Waals surface area contributed by atoms with Crippen LogP contribution in [-0.2, 0) is 16.4 Å². The fourth-order valence-corrected chi connectivity index (χ4v) is 5.69. The number of nitrogens with zero attached hydrogens (tertiary/aromatic N) is 2.